The van der Waals surface area contributed by atoms with E-state index < -0.39 is 0 Å². The molecule has 2 nitrogen and oxygen atoms in total. The largest absolute Gasteiger partial charge is 0.397 e. The molecule has 0 bridgehead atoms. The minimum Gasteiger partial charge on any atom is -0.397 e. The Kier molecular flexibility index (Phi) is 4.39. The summed E-state index contributed by atoms with van der Waals surface area (Å²) in [5, 5.41) is 0.922. The molecular weight excluding hydrogens is 243 g/mol. The molecule has 86 valence electrons. The van der Waals surface area contributed by atoms with E-state index in [0.29, 0.717) is 27.1 Å². The highest BCUT2D eigenvalue weighted by Crippen LogP contribution is 2.32. The van der Waals surface area contributed by atoms with Gasteiger partial charge in [0.1, 0.15) is 5.69 Å². The Hall–Kier alpha value is -0.990. The molecule has 1 aromatic carbocycles. The van der Waals surface area contributed by atoms with Crippen molar-refractivity contribution in [3.8, 4) is 0 Å². The van der Waals surface area contributed by atoms with Gasteiger partial charge in [-0.15, -0.1) is 0 Å². The summed E-state index contributed by atoms with van der Waals surface area (Å²) >= 11 is 11.9. The van der Waals surface area contributed by atoms with Crippen molar-refractivity contribution in [3.63, 3.8) is 0 Å². The van der Waals surface area contributed by atoms with E-state index in [2.05, 4.69) is 11.6 Å². The number of benzene rings is 1. The second-order valence-electron chi connectivity index (χ2n) is 3.73. The molecule has 0 fully saturated rings. The number of allylic oxidation sites excluding steroid dienone is 1. The maximum Gasteiger partial charge on any atom is 0.105 e. The van der Waals surface area contributed by atoms with Gasteiger partial charge in [0.25, 0.3) is 0 Å². The highest BCUT2D eigenvalue weighted by molar-refractivity contribution is 6.43. The average Bonchev–Trinajstić information content (AvgIpc) is 2.15. The standard InChI is InChI=1S/C12H14Cl2N2/c1-7(2)11(8(3)13)16-12-9(14)5-4-6-10(12)15/h4-7H,3,15H2,1-2H3. The Balaban J connectivity index is 3.28. The van der Waals surface area contributed by atoms with E-state index >= 15 is 0 Å². The number of nitrogens with two attached hydrogens (primary N) is 1. The predicted molar refractivity (Wildman–Crippen MR) is 72.8 cm³/mol. The third kappa shape index (κ3) is 3.00. The van der Waals surface area contributed by atoms with E-state index in [4.69, 9.17) is 28.9 Å². The molecule has 1 rings (SSSR count). The van der Waals surface area contributed by atoms with Gasteiger partial charge in [-0.3, -0.25) is 0 Å². The van der Waals surface area contributed by atoms with Gasteiger partial charge < -0.3 is 5.73 Å². The quantitative estimate of drug-likeness (QED) is 0.632. The molecule has 0 radical (unpaired) electrons. The van der Waals surface area contributed by atoms with Crippen LogP contribution in [0.5, 0.6) is 0 Å². The van der Waals surface area contributed by atoms with Crippen LogP contribution in [0.15, 0.2) is 34.8 Å². The zero-order chi connectivity index (χ0) is 12.3. The smallest absolute Gasteiger partial charge is 0.105 e. The van der Waals surface area contributed by atoms with E-state index in [1.165, 1.54) is 0 Å². The van der Waals surface area contributed by atoms with Crippen LogP contribution in [0.25, 0.3) is 0 Å². The normalized spacial score (nSPS) is 11.9. The minimum absolute atomic E-state index is 0.167. The number of hydrogen-bond donors (Lipinski definition) is 1. The first-order valence-corrected chi connectivity index (χ1v) is 5.66. The third-order valence-corrected chi connectivity index (χ3v) is 2.57. The molecule has 0 heterocycles. The first-order valence-electron chi connectivity index (χ1n) is 4.90. The van der Waals surface area contributed by atoms with Crippen LogP contribution in [-0.4, -0.2) is 5.71 Å². The van der Waals surface area contributed by atoms with Crippen LogP contribution >= 0.6 is 23.2 Å². The second kappa shape index (κ2) is 5.37. The van der Waals surface area contributed by atoms with Crippen molar-refractivity contribution >= 4 is 40.3 Å². The van der Waals surface area contributed by atoms with Gasteiger partial charge >= 0.3 is 0 Å². The van der Waals surface area contributed by atoms with E-state index in [-0.39, 0.29) is 5.92 Å². The Labute approximate surface area is 106 Å². The van der Waals surface area contributed by atoms with Gasteiger partial charge in [0.15, 0.2) is 0 Å². The summed E-state index contributed by atoms with van der Waals surface area (Å²) in [6.07, 6.45) is 0. The molecule has 0 unspecified atom stereocenters. The van der Waals surface area contributed by atoms with Gasteiger partial charge in [-0.1, -0.05) is 49.7 Å². The van der Waals surface area contributed by atoms with Gasteiger partial charge in [0.05, 0.1) is 21.5 Å². The maximum absolute atomic E-state index is 6.02. The van der Waals surface area contributed by atoms with E-state index in [1.54, 1.807) is 18.2 Å². The summed E-state index contributed by atoms with van der Waals surface area (Å²) in [4.78, 5) is 4.38. The SMILES string of the molecule is C=C(Cl)C(=Nc1c(N)cccc1Cl)C(C)C. The maximum atomic E-state index is 6.02. The lowest BCUT2D eigenvalue weighted by Gasteiger charge is -2.10. The summed E-state index contributed by atoms with van der Waals surface area (Å²) in [7, 11) is 0. The van der Waals surface area contributed by atoms with Gasteiger partial charge in [-0.05, 0) is 18.1 Å². The monoisotopic (exact) mass is 256 g/mol. The zero-order valence-electron chi connectivity index (χ0n) is 9.30. The van der Waals surface area contributed by atoms with Crippen LogP contribution in [-0.2, 0) is 0 Å². The van der Waals surface area contributed by atoms with Crippen molar-refractivity contribution in [2.75, 3.05) is 5.73 Å². The fourth-order valence-electron chi connectivity index (χ4n) is 1.27. The van der Waals surface area contributed by atoms with Crippen molar-refractivity contribution in [2.45, 2.75) is 13.8 Å². The molecule has 0 spiro atoms. The number of halogens is 2. The van der Waals surface area contributed by atoms with E-state index in [0.717, 1.165) is 0 Å². The second-order valence-corrected chi connectivity index (χ2v) is 4.60. The Morgan fingerprint density at radius 1 is 1.44 bits per heavy atom. The molecule has 0 aromatic heterocycles. The first kappa shape index (κ1) is 13.1. The van der Waals surface area contributed by atoms with Gasteiger partial charge in [-0.25, -0.2) is 4.99 Å². The van der Waals surface area contributed by atoms with Crippen LogP contribution in [0, 0.1) is 5.92 Å². The molecule has 1 aromatic rings. The number of hydrogen-bond acceptors (Lipinski definition) is 2. The Morgan fingerprint density at radius 3 is 2.50 bits per heavy atom. The molecular formula is C12H14Cl2N2. The molecule has 4 heteroatoms. The highest BCUT2D eigenvalue weighted by atomic mass is 35.5. The van der Waals surface area contributed by atoms with Crippen molar-refractivity contribution in [1.29, 1.82) is 0 Å². The minimum atomic E-state index is 0.167. The number of aliphatic imine (C=N–C) groups is 1. The van der Waals surface area contributed by atoms with Gasteiger partial charge in [0, 0.05) is 0 Å². The first-order chi connectivity index (χ1) is 7.43. The molecule has 2 N–H and O–H groups in total. The summed E-state index contributed by atoms with van der Waals surface area (Å²) in [6, 6.07) is 5.27. The topological polar surface area (TPSA) is 38.4 Å². The summed E-state index contributed by atoms with van der Waals surface area (Å²) in [6.45, 7) is 7.65. The third-order valence-electron chi connectivity index (χ3n) is 2.08. The predicted octanol–water partition coefficient (Wildman–Crippen LogP) is 4.40. The molecule has 0 saturated heterocycles. The van der Waals surface area contributed by atoms with Crippen molar-refractivity contribution in [1.82, 2.24) is 0 Å². The molecule has 0 saturated carbocycles. The average molecular weight is 257 g/mol. The lowest BCUT2D eigenvalue weighted by molar-refractivity contribution is 0.888. The van der Waals surface area contributed by atoms with Crippen molar-refractivity contribution in [3.05, 3.63) is 34.8 Å². The van der Waals surface area contributed by atoms with Gasteiger partial charge in [0.2, 0.25) is 0 Å². The van der Waals surface area contributed by atoms with Crippen LogP contribution in [0.1, 0.15) is 13.8 Å². The van der Waals surface area contributed by atoms with Crippen LogP contribution in [0.2, 0.25) is 5.02 Å². The number of rotatable bonds is 3. The fraction of sp³-hybridized carbons (Fsp3) is 0.250. The van der Waals surface area contributed by atoms with Crippen LogP contribution < -0.4 is 5.73 Å². The summed E-state index contributed by atoms with van der Waals surface area (Å²) in [5.41, 5.74) is 7.58. The fourth-order valence-corrected chi connectivity index (χ4v) is 1.76. The molecule has 0 aliphatic heterocycles. The zero-order valence-corrected chi connectivity index (χ0v) is 10.8. The lowest BCUT2D eigenvalue weighted by atomic mass is 10.1. The Morgan fingerprint density at radius 2 is 2.06 bits per heavy atom. The number of anilines is 1. The molecule has 0 atom stereocenters. The van der Waals surface area contributed by atoms with E-state index in [9.17, 15) is 0 Å². The summed E-state index contributed by atoms with van der Waals surface area (Å²) in [5.74, 6) is 0.167. The summed E-state index contributed by atoms with van der Waals surface area (Å²) < 4.78 is 0. The van der Waals surface area contributed by atoms with Crippen molar-refractivity contribution < 1.29 is 0 Å². The number of nitrogen functional groups attached to an aromatic ring is 1. The van der Waals surface area contributed by atoms with Gasteiger partial charge in [-0.2, -0.15) is 0 Å². The molecule has 16 heavy (non-hydrogen) atoms. The number of nitrogens with zero attached hydrogens (tertiary/aromatic N) is 1. The molecule has 0 aliphatic carbocycles. The lowest BCUT2D eigenvalue weighted by Crippen LogP contribution is -2.06. The molecule has 0 amide bonds. The Bertz CT molecular complexity index is 416. The van der Waals surface area contributed by atoms with Crippen LogP contribution in [0.4, 0.5) is 11.4 Å². The van der Waals surface area contributed by atoms with Crippen LogP contribution in [0.3, 0.4) is 0 Å². The highest BCUT2D eigenvalue weighted by Gasteiger charge is 2.10. The molecule has 0 aliphatic rings. The van der Waals surface area contributed by atoms with E-state index in [1.807, 2.05) is 13.8 Å². The van der Waals surface area contributed by atoms with Crippen molar-refractivity contribution in [2.24, 2.45) is 10.9 Å². The number of para-hydroxylation sites is 1.